The van der Waals surface area contributed by atoms with Gasteiger partial charge in [-0.3, -0.25) is 4.79 Å². The van der Waals surface area contributed by atoms with Crippen LogP contribution in [0.15, 0.2) is 35.9 Å². The normalized spacial score (nSPS) is 11.1. The fourth-order valence-corrected chi connectivity index (χ4v) is 5.40. The van der Waals surface area contributed by atoms with Gasteiger partial charge in [0.05, 0.1) is 29.9 Å². The van der Waals surface area contributed by atoms with E-state index in [1.807, 2.05) is 30.6 Å². The van der Waals surface area contributed by atoms with Gasteiger partial charge in [0.15, 0.2) is 5.78 Å². The predicted octanol–water partition coefficient (Wildman–Crippen LogP) is 5.23. The number of hydrogen-bond donors (Lipinski definition) is 1. The van der Waals surface area contributed by atoms with E-state index in [1.54, 1.807) is 32.9 Å². The van der Waals surface area contributed by atoms with Crippen LogP contribution in [0.4, 0.5) is 0 Å². The summed E-state index contributed by atoms with van der Waals surface area (Å²) in [5.41, 5.74) is 3.51. The van der Waals surface area contributed by atoms with Gasteiger partial charge >= 0.3 is 17.9 Å². The molecule has 0 saturated heterocycles. The summed E-state index contributed by atoms with van der Waals surface area (Å²) in [6.45, 7) is 8.89. The zero-order chi connectivity index (χ0) is 28.9. The minimum Gasteiger partial charge on any atom is -0.478 e. The molecular formula is C29H28N2O7S. The number of Topliss-reactive ketones (excluding diaryl/α,β-unsaturated/α-hetero) is 1. The smallest absolute Gasteiger partial charge is 0.348 e. The Morgan fingerprint density at radius 2 is 1.64 bits per heavy atom. The predicted molar refractivity (Wildman–Crippen MR) is 145 cm³/mol. The van der Waals surface area contributed by atoms with Gasteiger partial charge in [0.1, 0.15) is 10.9 Å². The number of ether oxygens (including phenoxy) is 2. The molecule has 0 aliphatic carbocycles. The third-order valence-electron chi connectivity index (χ3n) is 6.04. The molecule has 0 spiro atoms. The molecule has 1 aromatic carbocycles. The van der Waals surface area contributed by atoms with Crippen molar-refractivity contribution in [3.63, 3.8) is 0 Å². The molecular weight excluding hydrogens is 520 g/mol. The van der Waals surface area contributed by atoms with E-state index < -0.39 is 23.7 Å². The monoisotopic (exact) mass is 548 g/mol. The molecule has 2 heterocycles. The summed E-state index contributed by atoms with van der Waals surface area (Å²) in [5.74, 6) is -2.78. The molecule has 1 N–H and O–H groups in total. The van der Waals surface area contributed by atoms with Crippen molar-refractivity contribution in [2.75, 3.05) is 13.2 Å². The Labute approximate surface area is 229 Å². The van der Waals surface area contributed by atoms with Crippen molar-refractivity contribution < 1.29 is 33.8 Å². The van der Waals surface area contributed by atoms with Crippen LogP contribution >= 0.6 is 11.3 Å². The van der Waals surface area contributed by atoms with Gasteiger partial charge in [0.2, 0.25) is 0 Å². The Morgan fingerprint density at radius 1 is 1.03 bits per heavy atom. The minimum absolute atomic E-state index is 0.116. The van der Waals surface area contributed by atoms with Crippen LogP contribution in [0.5, 0.6) is 0 Å². The average Bonchev–Trinajstić information content (AvgIpc) is 3.37. The molecule has 0 unspecified atom stereocenters. The molecule has 3 aromatic rings. The molecule has 0 amide bonds. The first-order chi connectivity index (χ1) is 18.5. The second kappa shape index (κ2) is 12.4. The van der Waals surface area contributed by atoms with E-state index in [0.29, 0.717) is 16.0 Å². The highest BCUT2D eigenvalue weighted by atomic mass is 32.1. The number of carboxylic acids is 1. The van der Waals surface area contributed by atoms with Gasteiger partial charge in [-0.15, -0.1) is 11.3 Å². The highest BCUT2D eigenvalue weighted by Gasteiger charge is 2.28. The average molecular weight is 549 g/mol. The summed E-state index contributed by atoms with van der Waals surface area (Å²) in [5, 5.41) is 19.0. The summed E-state index contributed by atoms with van der Waals surface area (Å²) >= 11 is 0.982. The third kappa shape index (κ3) is 6.16. The van der Waals surface area contributed by atoms with Crippen LogP contribution in [0.25, 0.3) is 11.8 Å². The van der Waals surface area contributed by atoms with Crippen LogP contribution in [0, 0.1) is 32.1 Å². The third-order valence-corrected chi connectivity index (χ3v) is 7.32. The molecule has 0 atom stereocenters. The number of nitriles is 1. The van der Waals surface area contributed by atoms with Crippen molar-refractivity contribution >= 4 is 41.1 Å². The van der Waals surface area contributed by atoms with Crippen molar-refractivity contribution in [1.82, 2.24) is 4.57 Å². The molecule has 0 aliphatic heterocycles. The fourth-order valence-electron chi connectivity index (χ4n) is 4.22. The molecule has 9 nitrogen and oxygen atoms in total. The van der Waals surface area contributed by atoms with Crippen LogP contribution in [0.3, 0.4) is 0 Å². The van der Waals surface area contributed by atoms with Crippen LogP contribution in [-0.4, -0.2) is 46.6 Å². The van der Waals surface area contributed by atoms with Gasteiger partial charge in [-0.25, -0.2) is 14.4 Å². The SMILES string of the molecule is CCOC(=O)c1sc(CC(=O)/C(C#N)=C/c2cc(C)n(-c3ccc(C(=O)O)cc3)c2C)c(C(=O)OCC)c1C. The summed E-state index contributed by atoms with van der Waals surface area (Å²) in [7, 11) is 0. The molecule has 0 aliphatic rings. The van der Waals surface area contributed by atoms with Crippen molar-refractivity contribution in [2.24, 2.45) is 0 Å². The molecule has 2 aromatic heterocycles. The van der Waals surface area contributed by atoms with Crippen molar-refractivity contribution in [2.45, 2.75) is 41.0 Å². The maximum absolute atomic E-state index is 13.3. The van der Waals surface area contributed by atoms with E-state index >= 15 is 0 Å². The quantitative estimate of drug-likeness (QED) is 0.207. The number of carboxylic acid groups (broad SMARTS) is 1. The minimum atomic E-state index is -1.02. The zero-order valence-corrected chi connectivity index (χ0v) is 23.1. The Hall–Kier alpha value is -4.49. The summed E-state index contributed by atoms with van der Waals surface area (Å²) in [6.07, 6.45) is 1.22. The number of benzene rings is 1. The number of nitrogens with zero attached hydrogens (tertiary/aromatic N) is 2. The molecule has 10 heteroatoms. The standard InChI is InChI=1S/C29H28N2O7S/c1-6-37-28(35)25-17(4)26(29(36)38-7-2)39-24(25)14-23(32)21(15-30)13-20-12-16(3)31(18(20)5)22-10-8-19(9-11-22)27(33)34/h8-13H,6-7,14H2,1-5H3,(H,33,34)/b21-13+. The van der Waals surface area contributed by atoms with Gasteiger partial charge in [0.25, 0.3) is 0 Å². The topological polar surface area (TPSA) is 136 Å². The fraction of sp³-hybridized carbons (Fsp3) is 0.276. The number of ketones is 1. The first kappa shape index (κ1) is 29.1. The summed E-state index contributed by atoms with van der Waals surface area (Å²) < 4.78 is 12.1. The number of aromatic nitrogens is 1. The first-order valence-electron chi connectivity index (χ1n) is 12.2. The van der Waals surface area contributed by atoms with Crippen molar-refractivity contribution in [3.8, 4) is 11.8 Å². The van der Waals surface area contributed by atoms with Gasteiger partial charge in [-0.2, -0.15) is 5.26 Å². The summed E-state index contributed by atoms with van der Waals surface area (Å²) in [4.78, 5) is 50.1. The van der Waals surface area contributed by atoms with Crippen LogP contribution in [-0.2, 0) is 20.7 Å². The van der Waals surface area contributed by atoms with E-state index in [0.717, 1.165) is 28.4 Å². The number of hydrogen-bond acceptors (Lipinski definition) is 8. The Bertz CT molecular complexity index is 1520. The highest BCUT2D eigenvalue weighted by molar-refractivity contribution is 7.14. The number of aromatic carboxylic acids is 1. The van der Waals surface area contributed by atoms with E-state index in [1.165, 1.54) is 18.2 Å². The largest absolute Gasteiger partial charge is 0.478 e. The van der Waals surface area contributed by atoms with Gasteiger partial charge in [0, 0.05) is 28.4 Å². The van der Waals surface area contributed by atoms with Gasteiger partial charge in [-0.1, -0.05) is 0 Å². The van der Waals surface area contributed by atoms with Gasteiger partial charge < -0.3 is 19.1 Å². The number of aryl methyl sites for hydroxylation is 1. The molecule has 0 bridgehead atoms. The highest BCUT2D eigenvalue weighted by Crippen LogP contribution is 2.31. The number of carbonyl (C=O) groups is 4. The number of carbonyl (C=O) groups excluding carboxylic acids is 3. The molecule has 0 saturated carbocycles. The molecule has 39 heavy (non-hydrogen) atoms. The lowest BCUT2D eigenvalue weighted by molar-refractivity contribution is -0.114. The molecule has 3 rings (SSSR count). The van der Waals surface area contributed by atoms with Crippen LogP contribution in [0.2, 0.25) is 0 Å². The lowest BCUT2D eigenvalue weighted by Gasteiger charge is -2.10. The van der Waals surface area contributed by atoms with Crippen LogP contribution < -0.4 is 0 Å². The number of allylic oxidation sites excluding steroid dienone is 1. The molecule has 0 fully saturated rings. The van der Waals surface area contributed by atoms with E-state index in [4.69, 9.17) is 14.6 Å². The van der Waals surface area contributed by atoms with Crippen molar-refractivity contribution in [3.05, 3.63) is 79.3 Å². The number of thiophene rings is 1. The van der Waals surface area contributed by atoms with Crippen LogP contribution in [0.1, 0.15) is 71.6 Å². The Morgan fingerprint density at radius 3 is 2.21 bits per heavy atom. The lowest BCUT2D eigenvalue weighted by atomic mass is 10.0. The van der Waals surface area contributed by atoms with E-state index in [-0.39, 0.29) is 41.2 Å². The van der Waals surface area contributed by atoms with E-state index in [2.05, 4.69) is 0 Å². The van der Waals surface area contributed by atoms with E-state index in [9.17, 15) is 24.4 Å². The number of rotatable bonds is 10. The van der Waals surface area contributed by atoms with Gasteiger partial charge in [-0.05, 0) is 82.2 Å². The maximum atomic E-state index is 13.3. The lowest BCUT2D eigenvalue weighted by Crippen LogP contribution is -2.12. The number of esters is 2. The Kier molecular flexibility index (Phi) is 9.22. The Balaban J connectivity index is 1.98. The molecule has 0 radical (unpaired) electrons. The van der Waals surface area contributed by atoms with Crippen molar-refractivity contribution in [1.29, 1.82) is 5.26 Å². The second-order valence-electron chi connectivity index (χ2n) is 8.58. The second-order valence-corrected chi connectivity index (χ2v) is 9.68. The first-order valence-corrected chi connectivity index (χ1v) is 13.0. The molecule has 202 valence electrons. The zero-order valence-electron chi connectivity index (χ0n) is 22.3. The summed E-state index contributed by atoms with van der Waals surface area (Å²) in [6, 6.07) is 10.2. The maximum Gasteiger partial charge on any atom is 0.348 e.